The van der Waals surface area contributed by atoms with E-state index in [0.717, 1.165) is 46.1 Å². The molecule has 0 amide bonds. The summed E-state index contributed by atoms with van der Waals surface area (Å²) in [6, 6.07) is 24.2. The summed E-state index contributed by atoms with van der Waals surface area (Å²) in [5.74, 6) is 1.32. The van der Waals surface area contributed by atoms with E-state index >= 15 is 0 Å². The topological polar surface area (TPSA) is 53.1 Å². The lowest BCUT2D eigenvalue weighted by Gasteiger charge is -2.21. The van der Waals surface area contributed by atoms with Crippen molar-refractivity contribution in [2.24, 2.45) is 0 Å². The Kier molecular flexibility index (Phi) is 6.53. The van der Waals surface area contributed by atoms with Gasteiger partial charge in [0, 0.05) is 41.4 Å². The molecule has 0 atom stereocenters. The van der Waals surface area contributed by atoms with E-state index in [9.17, 15) is 0 Å². The number of aromatic nitrogens is 2. The van der Waals surface area contributed by atoms with Gasteiger partial charge in [0.15, 0.2) is 0 Å². The minimum Gasteiger partial charge on any atom is -0.372 e. The predicted octanol–water partition coefficient (Wildman–Crippen LogP) is 6.49. The van der Waals surface area contributed by atoms with Crippen LogP contribution in [0.25, 0.3) is 10.9 Å². The molecule has 4 aromatic rings. The zero-order chi connectivity index (χ0) is 21.6. The highest BCUT2D eigenvalue weighted by molar-refractivity contribution is 6.31. The van der Waals surface area contributed by atoms with E-state index in [-0.39, 0.29) is 0 Å². The maximum atomic E-state index is 6.31. The second-order valence-electron chi connectivity index (χ2n) is 7.20. The molecule has 0 saturated carbocycles. The predicted molar refractivity (Wildman–Crippen MR) is 132 cm³/mol. The van der Waals surface area contributed by atoms with Gasteiger partial charge in [-0.3, -0.25) is 0 Å². The molecule has 1 aromatic heterocycles. The summed E-state index contributed by atoms with van der Waals surface area (Å²) in [5, 5.41) is 8.47. The van der Waals surface area contributed by atoms with Crippen molar-refractivity contribution in [2.45, 2.75) is 20.4 Å². The Morgan fingerprint density at radius 2 is 1.55 bits per heavy atom. The van der Waals surface area contributed by atoms with Gasteiger partial charge in [-0.05, 0) is 61.9 Å². The quantitative estimate of drug-likeness (QED) is 0.334. The summed E-state index contributed by atoms with van der Waals surface area (Å²) in [6.45, 7) is 6.87. The fraction of sp³-hybridized carbons (Fsp3) is 0.200. The smallest absolute Gasteiger partial charge is 0.229 e. The van der Waals surface area contributed by atoms with Crippen LogP contribution in [0.2, 0.25) is 5.02 Å². The minimum atomic E-state index is 0.552. The molecule has 0 aliphatic rings. The van der Waals surface area contributed by atoms with Crippen molar-refractivity contribution in [1.82, 2.24) is 9.97 Å². The van der Waals surface area contributed by atoms with E-state index in [2.05, 4.69) is 53.6 Å². The first-order valence-corrected chi connectivity index (χ1v) is 10.9. The number of halogens is 1. The maximum Gasteiger partial charge on any atom is 0.229 e. The number of anilines is 4. The number of rotatable bonds is 8. The van der Waals surface area contributed by atoms with Gasteiger partial charge in [0.2, 0.25) is 5.95 Å². The highest BCUT2D eigenvalue weighted by Crippen LogP contribution is 2.26. The molecule has 0 bridgehead atoms. The largest absolute Gasteiger partial charge is 0.372 e. The van der Waals surface area contributed by atoms with Crippen molar-refractivity contribution >= 4 is 45.6 Å². The third-order valence-corrected chi connectivity index (χ3v) is 5.63. The van der Waals surface area contributed by atoms with Crippen LogP contribution in [0.15, 0.2) is 72.8 Å². The van der Waals surface area contributed by atoms with E-state index in [1.165, 1.54) is 5.69 Å². The molecule has 31 heavy (non-hydrogen) atoms. The lowest BCUT2D eigenvalue weighted by atomic mass is 10.2. The SMILES string of the molecule is CCN(CC)c1ccc(Nc2nc(NCc3ccccc3Cl)c3ccccc3n2)cc1. The molecule has 1 heterocycles. The van der Waals surface area contributed by atoms with Crippen LogP contribution in [0.5, 0.6) is 0 Å². The second-order valence-corrected chi connectivity index (χ2v) is 7.61. The van der Waals surface area contributed by atoms with Crippen molar-refractivity contribution in [2.75, 3.05) is 28.6 Å². The summed E-state index contributed by atoms with van der Waals surface area (Å²) in [7, 11) is 0. The average molecular weight is 432 g/mol. The molecule has 5 nitrogen and oxygen atoms in total. The summed E-state index contributed by atoms with van der Waals surface area (Å²) < 4.78 is 0. The summed E-state index contributed by atoms with van der Waals surface area (Å²) in [5.41, 5.74) is 4.05. The Bertz CT molecular complexity index is 1160. The highest BCUT2D eigenvalue weighted by atomic mass is 35.5. The summed E-state index contributed by atoms with van der Waals surface area (Å²) in [6.07, 6.45) is 0. The fourth-order valence-electron chi connectivity index (χ4n) is 3.56. The van der Waals surface area contributed by atoms with Crippen molar-refractivity contribution in [1.29, 1.82) is 0 Å². The Balaban J connectivity index is 1.59. The minimum absolute atomic E-state index is 0.552. The van der Waals surface area contributed by atoms with Crippen LogP contribution in [0.3, 0.4) is 0 Å². The number of nitrogens with zero attached hydrogens (tertiary/aromatic N) is 3. The van der Waals surface area contributed by atoms with E-state index in [1.807, 2.05) is 48.5 Å². The van der Waals surface area contributed by atoms with E-state index < -0.39 is 0 Å². The number of hydrogen-bond acceptors (Lipinski definition) is 5. The van der Waals surface area contributed by atoms with Crippen molar-refractivity contribution in [3.63, 3.8) is 0 Å². The van der Waals surface area contributed by atoms with Crippen LogP contribution in [0, 0.1) is 0 Å². The molecule has 2 N–H and O–H groups in total. The number of fused-ring (bicyclic) bond motifs is 1. The molecule has 0 aliphatic carbocycles. The molecule has 0 unspecified atom stereocenters. The molecule has 0 spiro atoms. The van der Waals surface area contributed by atoms with Gasteiger partial charge < -0.3 is 15.5 Å². The Morgan fingerprint density at radius 3 is 2.29 bits per heavy atom. The Hall–Kier alpha value is -3.31. The molecular formula is C25H26ClN5. The van der Waals surface area contributed by atoms with Gasteiger partial charge in [0.05, 0.1) is 5.52 Å². The van der Waals surface area contributed by atoms with Crippen molar-refractivity contribution in [3.05, 3.63) is 83.4 Å². The van der Waals surface area contributed by atoms with Gasteiger partial charge in [-0.1, -0.05) is 41.9 Å². The van der Waals surface area contributed by atoms with Gasteiger partial charge in [-0.2, -0.15) is 4.98 Å². The molecule has 158 valence electrons. The fourth-order valence-corrected chi connectivity index (χ4v) is 3.76. The lowest BCUT2D eigenvalue weighted by Crippen LogP contribution is -2.21. The first-order valence-electron chi connectivity index (χ1n) is 10.5. The number of para-hydroxylation sites is 1. The van der Waals surface area contributed by atoms with Crippen LogP contribution in [-0.2, 0) is 6.54 Å². The standard InChI is InChI=1S/C25H26ClN5/c1-3-31(4-2)20-15-13-19(14-16-20)28-25-29-23-12-8-6-10-21(23)24(30-25)27-17-18-9-5-7-11-22(18)26/h5-16H,3-4,17H2,1-2H3,(H2,27,28,29,30). The number of nitrogens with one attached hydrogen (secondary N) is 2. The van der Waals surface area contributed by atoms with Crippen LogP contribution in [0.4, 0.5) is 23.1 Å². The molecule has 0 saturated heterocycles. The van der Waals surface area contributed by atoms with Gasteiger partial charge >= 0.3 is 0 Å². The zero-order valence-electron chi connectivity index (χ0n) is 17.8. The average Bonchev–Trinajstić information content (AvgIpc) is 2.80. The second kappa shape index (κ2) is 9.67. The molecule has 4 rings (SSSR count). The lowest BCUT2D eigenvalue weighted by molar-refractivity contribution is 0.866. The van der Waals surface area contributed by atoms with E-state index in [4.69, 9.17) is 21.6 Å². The summed E-state index contributed by atoms with van der Waals surface area (Å²) >= 11 is 6.31. The third-order valence-electron chi connectivity index (χ3n) is 5.26. The molecular weight excluding hydrogens is 406 g/mol. The number of hydrogen-bond donors (Lipinski definition) is 2. The van der Waals surface area contributed by atoms with Crippen LogP contribution >= 0.6 is 11.6 Å². The maximum absolute atomic E-state index is 6.31. The number of benzene rings is 3. The first kappa shape index (κ1) is 20.9. The Morgan fingerprint density at radius 1 is 0.839 bits per heavy atom. The third kappa shape index (κ3) is 4.89. The van der Waals surface area contributed by atoms with Crippen molar-refractivity contribution < 1.29 is 0 Å². The van der Waals surface area contributed by atoms with Gasteiger partial charge in [0.25, 0.3) is 0 Å². The Labute approximate surface area is 188 Å². The van der Waals surface area contributed by atoms with Gasteiger partial charge in [-0.25, -0.2) is 4.98 Å². The van der Waals surface area contributed by atoms with E-state index in [0.29, 0.717) is 12.5 Å². The first-order chi connectivity index (χ1) is 15.2. The normalized spacial score (nSPS) is 10.8. The summed E-state index contributed by atoms with van der Waals surface area (Å²) in [4.78, 5) is 11.8. The van der Waals surface area contributed by atoms with Crippen molar-refractivity contribution in [3.8, 4) is 0 Å². The highest BCUT2D eigenvalue weighted by Gasteiger charge is 2.09. The monoisotopic (exact) mass is 431 g/mol. The molecule has 6 heteroatoms. The van der Waals surface area contributed by atoms with Gasteiger partial charge in [-0.15, -0.1) is 0 Å². The van der Waals surface area contributed by atoms with Crippen LogP contribution in [0.1, 0.15) is 19.4 Å². The van der Waals surface area contributed by atoms with Gasteiger partial charge in [0.1, 0.15) is 5.82 Å². The molecule has 0 radical (unpaired) electrons. The van der Waals surface area contributed by atoms with E-state index in [1.54, 1.807) is 0 Å². The van der Waals surface area contributed by atoms with Crippen LogP contribution in [-0.4, -0.2) is 23.1 Å². The zero-order valence-corrected chi connectivity index (χ0v) is 18.5. The molecule has 0 fully saturated rings. The van der Waals surface area contributed by atoms with Crippen LogP contribution < -0.4 is 15.5 Å². The molecule has 3 aromatic carbocycles. The molecule has 0 aliphatic heterocycles.